The van der Waals surface area contributed by atoms with E-state index >= 15 is 0 Å². The largest absolute Gasteiger partial charge is 0.324 e. The Bertz CT molecular complexity index is 955. The van der Waals surface area contributed by atoms with Crippen molar-refractivity contribution in [1.82, 2.24) is 0 Å². The number of anilines is 2. The Hall–Kier alpha value is -3.47. The van der Waals surface area contributed by atoms with Gasteiger partial charge < -0.3 is 10.6 Å². The van der Waals surface area contributed by atoms with Crippen LogP contribution in [0.25, 0.3) is 11.1 Å². The molecule has 0 saturated heterocycles. The molecule has 0 aliphatic heterocycles. The van der Waals surface area contributed by atoms with E-state index in [2.05, 4.69) is 10.6 Å². The Morgan fingerprint density at radius 1 is 0.808 bits per heavy atom. The SMILES string of the molecule is CC(=O)Nc1cc(C(=O)Nc2ccccc2-c2ccccc2)ccc1F. The summed E-state index contributed by atoms with van der Waals surface area (Å²) in [4.78, 5) is 23.8. The molecule has 3 aromatic carbocycles. The Labute approximate surface area is 150 Å². The van der Waals surface area contributed by atoms with E-state index in [1.54, 1.807) is 6.07 Å². The van der Waals surface area contributed by atoms with Gasteiger partial charge in [0.05, 0.1) is 5.69 Å². The molecule has 0 aliphatic carbocycles. The fourth-order valence-corrected chi connectivity index (χ4v) is 2.61. The van der Waals surface area contributed by atoms with E-state index in [1.807, 2.05) is 48.5 Å². The van der Waals surface area contributed by atoms with Crippen LogP contribution in [0.3, 0.4) is 0 Å². The molecule has 2 N–H and O–H groups in total. The smallest absolute Gasteiger partial charge is 0.255 e. The highest BCUT2D eigenvalue weighted by molar-refractivity contribution is 6.07. The van der Waals surface area contributed by atoms with E-state index in [0.29, 0.717) is 5.69 Å². The van der Waals surface area contributed by atoms with Crippen molar-refractivity contribution < 1.29 is 14.0 Å². The number of carbonyl (C=O) groups excluding carboxylic acids is 2. The van der Waals surface area contributed by atoms with Gasteiger partial charge in [-0.15, -0.1) is 0 Å². The Balaban J connectivity index is 1.89. The molecule has 0 saturated carbocycles. The molecule has 5 heteroatoms. The van der Waals surface area contributed by atoms with Gasteiger partial charge in [-0.25, -0.2) is 4.39 Å². The van der Waals surface area contributed by atoms with Crippen LogP contribution in [-0.2, 0) is 4.79 Å². The molecule has 0 atom stereocenters. The molecule has 130 valence electrons. The summed E-state index contributed by atoms with van der Waals surface area (Å²) in [5.41, 5.74) is 2.72. The highest BCUT2D eigenvalue weighted by Crippen LogP contribution is 2.28. The maximum atomic E-state index is 13.8. The first-order valence-electron chi connectivity index (χ1n) is 8.07. The minimum atomic E-state index is -0.596. The molecule has 0 spiro atoms. The maximum absolute atomic E-state index is 13.8. The van der Waals surface area contributed by atoms with Crippen molar-refractivity contribution in [3.63, 3.8) is 0 Å². The topological polar surface area (TPSA) is 58.2 Å². The zero-order valence-corrected chi connectivity index (χ0v) is 14.1. The van der Waals surface area contributed by atoms with Crippen LogP contribution < -0.4 is 10.6 Å². The average Bonchev–Trinajstić information content (AvgIpc) is 2.64. The third-order valence-electron chi connectivity index (χ3n) is 3.80. The predicted molar refractivity (Wildman–Crippen MR) is 101 cm³/mol. The number of benzene rings is 3. The van der Waals surface area contributed by atoms with E-state index in [0.717, 1.165) is 17.2 Å². The Kier molecular flexibility index (Phi) is 5.08. The molecule has 0 unspecified atom stereocenters. The summed E-state index contributed by atoms with van der Waals surface area (Å²) in [5, 5.41) is 5.23. The molecule has 0 bridgehead atoms. The lowest BCUT2D eigenvalue weighted by Crippen LogP contribution is -2.14. The molecule has 0 fully saturated rings. The molecule has 0 heterocycles. The fourth-order valence-electron chi connectivity index (χ4n) is 2.61. The Morgan fingerprint density at radius 2 is 1.50 bits per heavy atom. The third-order valence-corrected chi connectivity index (χ3v) is 3.80. The van der Waals surface area contributed by atoms with Crippen molar-refractivity contribution in [2.45, 2.75) is 6.92 Å². The van der Waals surface area contributed by atoms with Crippen LogP contribution in [0.15, 0.2) is 72.8 Å². The molecule has 4 nitrogen and oxygen atoms in total. The van der Waals surface area contributed by atoms with Crippen LogP contribution in [0, 0.1) is 5.82 Å². The number of halogens is 1. The van der Waals surface area contributed by atoms with E-state index in [9.17, 15) is 14.0 Å². The van der Waals surface area contributed by atoms with Crippen molar-refractivity contribution in [3.05, 3.63) is 84.2 Å². The summed E-state index contributed by atoms with van der Waals surface area (Å²) < 4.78 is 13.8. The highest BCUT2D eigenvalue weighted by Gasteiger charge is 2.13. The summed E-state index contributed by atoms with van der Waals surface area (Å²) >= 11 is 0. The molecule has 2 amide bonds. The number of amides is 2. The van der Waals surface area contributed by atoms with E-state index in [1.165, 1.54) is 19.1 Å². The third kappa shape index (κ3) is 3.95. The van der Waals surface area contributed by atoms with Gasteiger partial charge in [0.1, 0.15) is 5.82 Å². The number of hydrogen-bond donors (Lipinski definition) is 2. The van der Waals surface area contributed by atoms with Gasteiger partial charge in [-0.1, -0.05) is 48.5 Å². The molecular formula is C21H17FN2O2. The first kappa shape index (κ1) is 17.4. The van der Waals surface area contributed by atoms with Crippen molar-refractivity contribution in [3.8, 4) is 11.1 Å². The minimum Gasteiger partial charge on any atom is -0.324 e. The lowest BCUT2D eigenvalue weighted by atomic mass is 10.0. The van der Waals surface area contributed by atoms with Crippen molar-refractivity contribution in [2.24, 2.45) is 0 Å². The van der Waals surface area contributed by atoms with Crippen LogP contribution in [0.5, 0.6) is 0 Å². The standard InChI is InChI=1S/C21H17FN2O2/c1-14(25)23-20-13-16(11-12-18(20)22)21(26)24-19-10-6-5-9-17(19)15-7-3-2-4-8-15/h2-13H,1H3,(H,23,25)(H,24,26). The van der Waals surface area contributed by atoms with Gasteiger partial charge in [-0.2, -0.15) is 0 Å². The maximum Gasteiger partial charge on any atom is 0.255 e. The van der Waals surface area contributed by atoms with E-state index in [4.69, 9.17) is 0 Å². The van der Waals surface area contributed by atoms with Crippen LogP contribution >= 0.6 is 0 Å². The van der Waals surface area contributed by atoms with E-state index in [-0.39, 0.29) is 17.2 Å². The zero-order valence-electron chi connectivity index (χ0n) is 14.1. The Morgan fingerprint density at radius 3 is 2.23 bits per heavy atom. The van der Waals surface area contributed by atoms with Gasteiger partial charge in [-0.3, -0.25) is 9.59 Å². The lowest BCUT2D eigenvalue weighted by Gasteiger charge is -2.12. The molecule has 3 rings (SSSR count). The van der Waals surface area contributed by atoms with Crippen LogP contribution in [0.2, 0.25) is 0 Å². The second-order valence-electron chi connectivity index (χ2n) is 5.74. The van der Waals surface area contributed by atoms with Gasteiger partial charge in [0.15, 0.2) is 0 Å². The second kappa shape index (κ2) is 7.61. The fraction of sp³-hybridized carbons (Fsp3) is 0.0476. The molecule has 0 aromatic heterocycles. The zero-order chi connectivity index (χ0) is 18.5. The van der Waals surface area contributed by atoms with Gasteiger partial charge in [-0.05, 0) is 29.8 Å². The summed E-state index contributed by atoms with van der Waals surface area (Å²) in [7, 11) is 0. The highest BCUT2D eigenvalue weighted by atomic mass is 19.1. The molecular weight excluding hydrogens is 331 g/mol. The quantitative estimate of drug-likeness (QED) is 0.718. The van der Waals surface area contributed by atoms with E-state index < -0.39 is 11.7 Å². The first-order chi connectivity index (χ1) is 12.5. The number of para-hydroxylation sites is 1. The van der Waals surface area contributed by atoms with Gasteiger partial charge in [0.25, 0.3) is 5.91 Å². The number of rotatable bonds is 4. The molecule has 0 radical (unpaired) electrons. The van der Waals surface area contributed by atoms with Crippen molar-refractivity contribution in [2.75, 3.05) is 10.6 Å². The van der Waals surface area contributed by atoms with Crippen LogP contribution in [0.1, 0.15) is 17.3 Å². The number of carbonyl (C=O) groups is 2. The summed E-state index contributed by atoms with van der Waals surface area (Å²) in [5.74, 6) is -1.39. The number of hydrogen-bond acceptors (Lipinski definition) is 2. The minimum absolute atomic E-state index is 0.0264. The van der Waals surface area contributed by atoms with Crippen LogP contribution in [0.4, 0.5) is 15.8 Å². The molecule has 0 aliphatic rings. The van der Waals surface area contributed by atoms with Crippen LogP contribution in [-0.4, -0.2) is 11.8 Å². The first-order valence-corrected chi connectivity index (χ1v) is 8.07. The lowest BCUT2D eigenvalue weighted by molar-refractivity contribution is -0.114. The average molecular weight is 348 g/mol. The van der Waals surface area contributed by atoms with Crippen molar-refractivity contribution in [1.29, 1.82) is 0 Å². The summed E-state index contributed by atoms with van der Waals surface area (Å²) in [6, 6.07) is 21.0. The summed E-state index contributed by atoms with van der Waals surface area (Å²) in [6.07, 6.45) is 0. The van der Waals surface area contributed by atoms with Gasteiger partial charge in [0, 0.05) is 23.7 Å². The second-order valence-corrected chi connectivity index (χ2v) is 5.74. The van der Waals surface area contributed by atoms with Gasteiger partial charge >= 0.3 is 0 Å². The predicted octanol–water partition coefficient (Wildman–Crippen LogP) is 4.70. The van der Waals surface area contributed by atoms with Gasteiger partial charge in [0.2, 0.25) is 5.91 Å². The molecule has 26 heavy (non-hydrogen) atoms. The number of nitrogens with one attached hydrogen (secondary N) is 2. The normalized spacial score (nSPS) is 10.2. The molecule has 3 aromatic rings. The summed E-state index contributed by atoms with van der Waals surface area (Å²) in [6.45, 7) is 1.28. The van der Waals surface area contributed by atoms with Crippen molar-refractivity contribution >= 4 is 23.2 Å². The monoisotopic (exact) mass is 348 g/mol.